The van der Waals surface area contributed by atoms with Crippen molar-refractivity contribution in [3.8, 4) is 0 Å². The maximum Gasteiger partial charge on any atom is 0.415 e. The summed E-state index contributed by atoms with van der Waals surface area (Å²) in [5, 5.41) is 3.50. The molecule has 0 saturated carbocycles. The maximum absolute atomic E-state index is 13.8. The molecule has 4 nitrogen and oxygen atoms in total. The number of halogens is 3. The maximum atomic E-state index is 13.8. The molecule has 30 heavy (non-hydrogen) atoms. The topological polar surface area (TPSA) is 52.6 Å². The Morgan fingerprint density at radius 2 is 1.33 bits per heavy atom. The number of esters is 2. The molecule has 0 amide bonds. The van der Waals surface area contributed by atoms with Gasteiger partial charge < -0.3 is 9.47 Å². The predicted octanol–water partition coefficient (Wildman–Crippen LogP) is 5.29. The van der Waals surface area contributed by atoms with Crippen molar-refractivity contribution in [3.63, 3.8) is 0 Å². The second kappa shape index (κ2) is 8.18. The van der Waals surface area contributed by atoms with E-state index in [0.717, 1.165) is 41.8 Å². The molecule has 3 rings (SSSR count). The Kier molecular flexibility index (Phi) is 5.82. The molecule has 0 atom stereocenters. The Morgan fingerprint density at radius 1 is 0.867 bits per heavy atom. The molecular formula is C23H19F3O4. The van der Waals surface area contributed by atoms with Crippen molar-refractivity contribution in [3.05, 3.63) is 66.2 Å². The molecule has 0 spiro atoms. The van der Waals surface area contributed by atoms with E-state index in [1.165, 1.54) is 6.08 Å². The van der Waals surface area contributed by atoms with Crippen LogP contribution in [0.15, 0.2) is 60.7 Å². The molecule has 3 aromatic carbocycles. The first kappa shape index (κ1) is 21.4. The van der Waals surface area contributed by atoms with Gasteiger partial charge in [0.25, 0.3) is 5.41 Å². The number of fused-ring (bicyclic) bond motifs is 2. The summed E-state index contributed by atoms with van der Waals surface area (Å²) >= 11 is 0. The van der Waals surface area contributed by atoms with Gasteiger partial charge in [-0.3, -0.25) is 9.59 Å². The molecule has 0 radical (unpaired) electrons. The van der Waals surface area contributed by atoms with E-state index in [2.05, 4.69) is 9.47 Å². The van der Waals surface area contributed by atoms with Crippen LogP contribution in [-0.4, -0.2) is 32.3 Å². The van der Waals surface area contributed by atoms with E-state index in [4.69, 9.17) is 0 Å². The van der Waals surface area contributed by atoms with Crippen molar-refractivity contribution < 1.29 is 32.2 Å². The van der Waals surface area contributed by atoms with Gasteiger partial charge >= 0.3 is 18.1 Å². The highest BCUT2D eigenvalue weighted by atomic mass is 19.4. The number of allylic oxidation sites excluding steroid dienone is 1. The Bertz CT molecular complexity index is 1060. The first-order chi connectivity index (χ1) is 14.3. The minimum absolute atomic E-state index is 0.689. The van der Waals surface area contributed by atoms with E-state index >= 15 is 0 Å². The molecule has 0 aliphatic carbocycles. The number of hydrogen-bond donors (Lipinski definition) is 0. The fourth-order valence-corrected chi connectivity index (χ4v) is 3.53. The summed E-state index contributed by atoms with van der Waals surface area (Å²) in [4.78, 5) is 24.1. The van der Waals surface area contributed by atoms with Crippen LogP contribution in [0.2, 0.25) is 0 Å². The first-order valence-electron chi connectivity index (χ1n) is 9.07. The summed E-state index contributed by atoms with van der Waals surface area (Å²) in [6.07, 6.45) is -3.49. The zero-order chi connectivity index (χ0) is 21.9. The van der Waals surface area contributed by atoms with Crippen LogP contribution in [-0.2, 0) is 19.1 Å². The zero-order valence-electron chi connectivity index (χ0n) is 16.3. The molecule has 0 N–H and O–H groups in total. The number of ether oxygens (including phenoxy) is 2. The average molecular weight is 416 g/mol. The molecule has 7 heteroatoms. The third-order valence-corrected chi connectivity index (χ3v) is 5.07. The van der Waals surface area contributed by atoms with Gasteiger partial charge in [0, 0.05) is 6.42 Å². The highest BCUT2D eigenvalue weighted by Crippen LogP contribution is 2.44. The average Bonchev–Trinajstić information content (AvgIpc) is 2.74. The molecule has 0 unspecified atom stereocenters. The molecule has 3 aromatic rings. The van der Waals surface area contributed by atoms with E-state index in [1.54, 1.807) is 0 Å². The number of benzene rings is 3. The number of hydrogen-bond acceptors (Lipinski definition) is 4. The normalized spacial score (nSPS) is 12.4. The van der Waals surface area contributed by atoms with Crippen molar-refractivity contribution in [2.75, 3.05) is 14.2 Å². The monoisotopic (exact) mass is 416 g/mol. The third kappa shape index (κ3) is 3.51. The molecule has 0 aliphatic rings. The van der Waals surface area contributed by atoms with E-state index < -0.39 is 30.0 Å². The van der Waals surface area contributed by atoms with Crippen LogP contribution in [0.1, 0.15) is 12.0 Å². The number of alkyl halides is 3. The molecule has 0 aromatic heterocycles. The summed E-state index contributed by atoms with van der Waals surface area (Å²) in [6, 6.07) is 16.9. The predicted molar refractivity (Wildman–Crippen MR) is 108 cm³/mol. The van der Waals surface area contributed by atoms with Gasteiger partial charge in [-0.25, -0.2) is 0 Å². The lowest BCUT2D eigenvalue weighted by Gasteiger charge is -2.29. The van der Waals surface area contributed by atoms with Crippen LogP contribution in [0.4, 0.5) is 13.2 Å². The van der Waals surface area contributed by atoms with E-state index in [0.29, 0.717) is 5.56 Å². The van der Waals surface area contributed by atoms with E-state index in [9.17, 15) is 22.8 Å². The van der Waals surface area contributed by atoms with Crippen molar-refractivity contribution in [1.82, 2.24) is 0 Å². The summed E-state index contributed by atoms with van der Waals surface area (Å²) in [6.45, 7) is 0. The van der Waals surface area contributed by atoms with Gasteiger partial charge in [0.15, 0.2) is 0 Å². The second-order valence-electron chi connectivity index (χ2n) is 6.73. The Balaban J connectivity index is 2.15. The Morgan fingerprint density at radius 3 is 1.77 bits per heavy atom. The standard InChI is InChI=1S/C23H19F3O4/c1-29-20(27)22(21(28)30-2,23(24,25)26)13-7-12-19-17-10-5-3-8-15(17)14-16-9-4-6-11-18(16)19/h3-12,14H,13H2,1-2H3/b12-7+. The quantitative estimate of drug-likeness (QED) is 0.322. The van der Waals surface area contributed by atoms with Crippen molar-refractivity contribution in [2.45, 2.75) is 12.6 Å². The van der Waals surface area contributed by atoms with Gasteiger partial charge in [-0.1, -0.05) is 60.7 Å². The van der Waals surface area contributed by atoms with Crippen LogP contribution in [0.25, 0.3) is 27.6 Å². The largest absolute Gasteiger partial charge is 0.468 e. The van der Waals surface area contributed by atoms with E-state index in [1.807, 2.05) is 54.6 Å². The molecule has 0 fully saturated rings. The molecule has 0 heterocycles. The van der Waals surface area contributed by atoms with Crippen molar-refractivity contribution in [1.29, 1.82) is 0 Å². The van der Waals surface area contributed by atoms with Gasteiger partial charge in [-0.2, -0.15) is 13.2 Å². The van der Waals surface area contributed by atoms with Crippen LogP contribution >= 0.6 is 0 Å². The fraction of sp³-hybridized carbons (Fsp3) is 0.217. The number of carbonyl (C=O) groups excluding carboxylic acids is 2. The lowest BCUT2D eigenvalue weighted by atomic mass is 9.83. The first-order valence-corrected chi connectivity index (χ1v) is 9.07. The van der Waals surface area contributed by atoms with Crippen LogP contribution < -0.4 is 0 Å². The lowest BCUT2D eigenvalue weighted by molar-refractivity contribution is -0.237. The van der Waals surface area contributed by atoms with Crippen LogP contribution in [0.5, 0.6) is 0 Å². The van der Waals surface area contributed by atoms with Crippen LogP contribution in [0, 0.1) is 5.41 Å². The third-order valence-electron chi connectivity index (χ3n) is 5.07. The number of carbonyl (C=O) groups is 2. The van der Waals surface area contributed by atoms with Crippen molar-refractivity contribution in [2.24, 2.45) is 5.41 Å². The van der Waals surface area contributed by atoms with Gasteiger partial charge in [0.1, 0.15) is 0 Å². The van der Waals surface area contributed by atoms with Gasteiger partial charge in [-0.15, -0.1) is 0 Å². The molecule has 156 valence electrons. The number of methoxy groups -OCH3 is 2. The zero-order valence-corrected chi connectivity index (χ0v) is 16.3. The lowest BCUT2D eigenvalue weighted by Crippen LogP contribution is -2.52. The molecular weight excluding hydrogens is 397 g/mol. The summed E-state index contributed by atoms with van der Waals surface area (Å²) in [5.74, 6) is -3.43. The van der Waals surface area contributed by atoms with E-state index in [-0.39, 0.29) is 0 Å². The summed E-state index contributed by atoms with van der Waals surface area (Å²) < 4.78 is 50.2. The minimum Gasteiger partial charge on any atom is -0.468 e. The molecule has 0 aliphatic heterocycles. The minimum atomic E-state index is -5.20. The van der Waals surface area contributed by atoms with Gasteiger partial charge in [-0.05, 0) is 33.2 Å². The van der Waals surface area contributed by atoms with Crippen LogP contribution in [0.3, 0.4) is 0 Å². The Labute approximate surface area is 170 Å². The van der Waals surface area contributed by atoms with Gasteiger partial charge in [0.05, 0.1) is 14.2 Å². The highest BCUT2D eigenvalue weighted by Gasteiger charge is 2.67. The molecule has 0 saturated heterocycles. The Hall–Kier alpha value is -3.35. The molecule has 0 bridgehead atoms. The van der Waals surface area contributed by atoms with Gasteiger partial charge in [0.2, 0.25) is 0 Å². The smallest absolute Gasteiger partial charge is 0.415 e. The summed E-state index contributed by atoms with van der Waals surface area (Å²) in [5.41, 5.74) is -2.75. The second-order valence-corrected chi connectivity index (χ2v) is 6.73. The van der Waals surface area contributed by atoms with Crippen molar-refractivity contribution >= 4 is 39.6 Å². The summed E-state index contributed by atoms with van der Waals surface area (Å²) in [7, 11) is 1.60. The SMILES string of the molecule is COC(=O)C(C/C=C/c1c2ccccc2cc2ccccc12)(C(=O)OC)C(F)(F)F. The highest BCUT2D eigenvalue weighted by molar-refractivity contribution is 6.07. The fourth-order valence-electron chi connectivity index (χ4n) is 3.53. The number of rotatable bonds is 5.